The number of benzene rings is 2. The van der Waals surface area contributed by atoms with Crippen LogP contribution in [-0.4, -0.2) is 0 Å². The standard InChI is InChI=1S/C18H24N2/c1-3-4-8-14(2)17-13-16(11-12-18(17)19)20-15-9-6-5-7-10-15/h5-7,9-14,20H,3-4,8,19H2,1-2H3. The van der Waals surface area contributed by atoms with E-state index in [1.807, 2.05) is 30.3 Å². The van der Waals surface area contributed by atoms with Gasteiger partial charge in [-0.25, -0.2) is 0 Å². The van der Waals surface area contributed by atoms with E-state index in [0.29, 0.717) is 5.92 Å². The Morgan fingerprint density at radius 3 is 2.50 bits per heavy atom. The van der Waals surface area contributed by atoms with Gasteiger partial charge < -0.3 is 11.1 Å². The largest absolute Gasteiger partial charge is 0.398 e. The Morgan fingerprint density at radius 2 is 1.80 bits per heavy atom. The number of hydrogen-bond donors (Lipinski definition) is 2. The minimum atomic E-state index is 0.507. The van der Waals surface area contributed by atoms with Crippen molar-refractivity contribution in [3.63, 3.8) is 0 Å². The van der Waals surface area contributed by atoms with Crippen LogP contribution in [0, 0.1) is 0 Å². The van der Waals surface area contributed by atoms with E-state index in [1.165, 1.54) is 24.8 Å². The highest BCUT2D eigenvalue weighted by Crippen LogP contribution is 2.30. The lowest BCUT2D eigenvalue weighted by Gasteiger charge is -2.16. The van der Waals surface area contributed by atoms with Gasteiger partial charge in [0, 0.05) is 17.1 Å². The smallest absolute Gasteiger partial charge is 0.0388 e. The van der Waals surface area contributed by atoms with Crippen LogP contribution >= 0.6 is 0 Å². The quantitative estimate of drug-likeness (QED) is 0.697. The van der Waals surface area contributed by atoms with Crippen molar-refractivity contribution in [2.75, 3.05) is 11.1 Å². The van der Waals surface area contributed by atoms with Crippen LogP contribution in [-0.2, 0) is 0 Å². The van der Waals surface area contributed by atoms with Gasteiger partial charge in [0.15, 0.2) is 0 Å². The van der Waals surface area contributed by atoms with E-state index in [-0.39, 0.29) is 0 Å². The van der Waals surface area contributed by atoms with Crippen molar-refractivity contribution in [3.05, 3.63) is 54.1 Å². The summed E-state index contributed by atoms with van der Waals surface area (Å²) in [5, 5.41) is 3.43. The Bertz CT molecular complexity index is 534. The van der Waals surface area contributed by atoms with Crippen molar-refractivity contribution in [2.24, 2.45) is 0 Å². The molecule has 0 saturated heterocycles. The number of nitrogens with one attached hydrogen (secondary N) is 1. The van der Waals surface area contributed by atoms with Gasteiger partial charge in [-0.15, -0.1) is 0 Å². The first-order chi connectivity index (χ1) is 9.70. The Hall–Kier alpha value is -1.96. The number of rotatable bonds is 6. The molecule has 0 aliphatic rings. The second-order valence-electron chi connectivity index (χ2n) is 5.38. The van der Waals surface area contributed by atoms with Gasteiger partial charge in [0.25, 0.3) is 0 Å². The van der Waals surface area contributed by atoms with Gasteiger partial charge in [-0.2, -0.15) is 0 Å². The highest BCUT2D eigenvalue weighted by molar-refractivity contribution is 5.64. The molecule has 0 aliphatic carbocycles. The third-order valence-corrected chi connectivity index (χ3v) is 3.67. The van der Waals surface area contributed by atoms with E-state index in [2.05, 4.69) is 37.4 Å². The van der Waals surface area contributed by atoms with E-state index in [9.17, 15) is 0 Å². The van der Waals surface area contributed by atoms with E-state index in [1.54, 1.807) is 0 Å². The summed E-state index contributed by atoms with van der Waals surface area (Å²) in [4.78, 5) is 0. The monoisotopic (exact) mass is 268 g/mol. The fourth-order valence-corrected chi connectivity index (χ4v) is 2.43. The zero-order valence-corrected chi connectivity index (χ0v) is 12.4. The summed E-state index contributed by atoms with van der Waals surface area (Å²) in [6, 6.07) is 16.4. The average molecular weight is 268 g/mol. The Kier molecular flexibility index (Phi) is 5.05. The van der Waals surface area contributed by atoms with Gasteiger partial charge in [0.2, 0.25) is 0 Å². The minimum absolute atomic E-state index is 0.507. The third-order valence-electron chi connectivity index (χ3n) is 3.67. The second-order valence-corrected chi connectivity index (χ2v) is 5.38. The van der Waals surface area contributed by atoms with Gasteiger partial charge in [-0.1, -0.05) is 44.9 Å². The van der Waals surface area contributed by atoms with Crippen molar-refractivity contribution in [2.45, 2.75) is 39.0 Å². The van der Waals surface area contributed by atoms with Crippen LogP contribution in [0.5, 0.6) is 0 Å². The van der Waals surface area contributed by atoms with Gasteiger partial charge in [0.1, 0.15) is 0 Å². The molecular formula is C18H24N2. The molecule has 3 N–H and O–H groups in total. The van der Waals surface area contributed by atoms with Gasteiger partial charge >= 0.3 is 0 Å². The van der Waals surface area contributed by atoms with Crippen LogP contribution in [0.3, 0.4) is 0 Å². The molecular weight excluding hydrogens is 244 g/mol. The average Bonchev–Trinajstić information content (AvgIpc) is 2.48. The molecule has 2 heteroatoms. The van der Waals surface area contributed by atoms with Crippen molar-refractivity contribution in [1.82, 2.24) is 0 Å². The predicted octanol–water partition coefficient (Wildman–Crippen LogP) is 5.31. The van der Waals surface area contributed by atoms with Crippen LogP contribution in [0.2, 0.25) is 0 Å². The highest BCUT2D eigenvalue weighted by atomic mass is 14.9. The molecule has 106 valence electrons. The number of anilines is 3. The molecule has 0 aromatic heterocycles. The highest BCUT2D eigenvalue weighted by Gasteiger charge is 2.09. The third kappa shape index (κ3) is 3.77. The van der Waals surface area contributed by atoms with Crippen LogP contribution in [0.4, 0.5) is 17.1 Å². The summed E-state index contributed by atoms with van der Waals surface area (Å²) in [5.74, 6) is 0.507. The number of nitrogen functional groups attached to an aromatic ring is 1. The summed E-state index contributed by atoms with van der Waals surface area (Å²) in [7, 11) is 0. The zero-order chi connectivity index (χ0) is 14.4. The Labute approximate surface area is 122 Å². The predicted molar refractivity (Wildman–Crippen MR) is 88.5 cm³/mol. The van der Waals surface area contributed by atoms with Crippen molar-refractivity contribution >= 4 is 17.1 Å². The molecule has 2 rings (SSSR count). The molecule has 0 spiro atoms. The lowest BCUT2D eigenvalue weighted by molar-refractivity contribution is 0.626. The van der Waals surface area contributed by atoms with E-state index >= 15 is 0 Å². The lowest BCUT2D eigenvalue weighted by atomic mass is 9.93. The first-order valence-electron chi connectivity index (χ1n) is 7.42. The van der Waals surface area contributed by atoms with E-state index in [4.69, 9.17) is 5.73 Å². The molecule has 20 heavy (non-hydrogen) atoms. The number of nitrogens with two attached hydrogens (primary N) is 1. The van der Waals surface area contributed by atoms with E-state index < -0.39 is 0 Å². The van der Waals surface area contributed by atoms with Crippen LogP contribution in [0.1, 0.15) is 44.6 Å². The molecule has 1 unspecified atom stereocenters. The molecule has 0 heterocycles. The van der Waals surface area contributed by atoms with Crippen molar-refractivity contribution in [1.29, 1.82) is 0 Å². The SMILES string of the molecule is CCCCC(C)c1cc(Nc2ccccc2)ccc1N. The summed E-state index contributed by atoms with van der Waals surface area (Å²) >= 11 is 0. The molecule has 1 atom stereocenters. The van der Waals surface area contributed by atoms with E-state index in [0.717, 1.165) is 17.1 Å². The number of para-hydroxylation sites is 1. The second kappa shape index (κ2) is 6.99. The number of hydrogen-bond acceptors (Lipinski definition) is 2. The summed E-state index contributed by atoms with van der Waals surface area (Å²) in [6.45, 7) is 4.48. The molecule has 0 radical (unpaired) electrons. The maximum atomic E-state index is 6.13. The summed E-state index contributed by atoms with van der Waals surface area (Å²) in [5.41, 5.74) is 10.5. The molecule has 2 aromatic carbocycles. The first kappa shape index (κ1) is 14.4. The van der Waals surface area contributed by atoms with Gasteiger partial charge in [-0.05, 0) is 48.2 Å². The Balaban J connectivity index is 2.15. The maximum Gasteiger partial charge on any atom is 0.0388 e. The summed E-state index contributed by atoms with van der Waals surface area (Å²) < 4.78 is 0. The topological polar surface area (TPSA) is 38.0 Å². The molecule has 2 aromatic rings. The fourth-order valence-electron chi connectivity index (χ4n) is 2.43. The fraction of sp³-hybridized carbons (Fsp3) is 0.333. The summed E-state index contributed by atoms with van der Waals surface area (Å²) in [6.07, 6.45) is 3.67. The zero-order valence-electron chi connectivity index (χ0n) is 12.4. The van der Waals surface area contributed by atoms with Crippen LogP contribution < -0.4 is 11.1 Å². The van der Waals surface area contributed by atoms with Crippen molar-refractivity contribution in [3.8, 4) is 0 Å². The molecule has 0 fully saturated rings. The minimum Gasteiger partial charge on any atom is -0.398 e. The first-order valence-corrected chi connectivity index (χ1v) is 7.42. The van der Waals surface area contributed by atoms with Gasteiger partial charge in [-0.3, -0.25) is 0 Å². The van der Waals surface area contributed by atoms with Crippen LogP contribution in [0.25, 0.3) is 0 Å². The Morgan fingerprint density at radius 1 is 1.05 bits per heavy atom. The molecule has 2 nitrogen and oxygen atoms in total. The molecule has 0 amide bonds. The maximum absolute atomic E-state index is 6.13. The molecule has 0 aliphatic heterocycles. The number of unbranched alkanes of at least 4 members (excludes halogenated alkanes) is 1. The normalized spacial score (nSPS) is 12.1. The lowest BCUT2D eigenvalue weighted by Crippen LogP contribution is -2.01. The molecule has 0 saturated carbocycles. The molecule has 0 bridgehead atoms. The van der Waals surface area contributed by atoms with Crippen LogP contribution in [0.15, 0.2) is 48.5 Å². The van der Waals surface area contributed by atoms with Crippen molar-refractivity contribution < 1.29 is 0 Å². The van der Waals surface area contributed by atoms with Gasteiger partial charge in [0.05, 0.1) is 0 Å².